The Balaban J connectivity index is 1.40. The number of carbonyl (C=O) groups is 1. The summed E-state index contributed by atoms with van der Waals surface area (Å²) >= 11 is 0. The van der Waals surface area contributed by atoms with Crippen LogP contribution in [0.2, 0.25) is 0 Å². The van der Waals surface area contributed by atoms with Crippen LogP contribution in [0.15, 0.2) is 42.5 Å². The van der Waals surface area contributed by atoms with E-state index in [9.17, 15) is 27.5 Å². The highest BCUT2D eigenvalue weighted by Crippen LogP contribution is 2.49. The first-order chi connectivity index (χ1) is 14.6. The first kappa shape index (κ1) is 21.7. The van der Waals surface area contributed by atoms with Crippen LogP contribution in [0.5, 0.6) is 5.75 Å². The lowest BCUT2D eigenvalue weighted by molar-refractivity contribution is -0.142. The Labute approximate surface area is 178 Å². The highest BCUT2D eigenvalue weighted by atomic mass is 19.4. The number of carboxylic acids is 1. The summed E-state index contributed by atoms with van der Waals surface area (Å²) in [6.45, 7) is 2.07. The van der Waals surface area contributed by atoms with E-state index in [1.165, 1.54) is 6.07 Å². The van der Waals surface area contributed by atoms with Gasteiger partial charge in [-0.1, -0.05) is 25.1 Å². The van der Waals surface area contributed by atoms with Crippen molar-refractivity contribution in [2.75, 3.05) is 6.61 Å². The number of rotatable bonds is 8. The van der Waals surface area contributed by atoms with Gasteiger partial charge in [0.15, 0.2) is 0 Å². The summed E-state index contributed by atoms with van der Waals surface area (Å²) in [5.74, 6) is -1.66. The van der Waals surface area contributed by atoms with Gasteiger partial charge in [-0.3, -0.25) is 4.79 Å². The zero-order valence-corrected chi connectivity index (χ0v) is 17.0. The number of halogens is 4. The van der Waals surface area contributed by atoms with Crippen molar-refractivity contribution in [3.63, 3.8) is 0 Å². The van der Waals surface area contributed by atoms with Gasteiger partial charge in [0.25, 0.3) is 0 Å². The fourth-order valence-corrected chi connectivity index (χ4v) is 4.42. The third-order valence-electron chi connectivity index (χ3n) is 6.41. The van der Waals surface area contributed by atoms with Gasteiger partial charge in [-0.05, 0) is 72.4 Å². The highest BCUT2D eigenvalue weighted by Gasteiger charge is 2.42. The van der Waals surface area contributed by atoms with Gasteiger partial charge in [-0.2, -0.15) is 13.2 Å². The smallest absolute Gasteiger partial charge is 0.419 e. The van der Waals surface area contributed by atoms with Crippen LogP contribution in [-0.4, -0.2) is 17.7 Å². The van der Waals surface area contributed by atoms with Gasteiger partial charge in [-0.25, -0.2) is 4.39 Å². The highest BCUT2D eigenvalue weighted by molar-refractivity contribution is 5.71. The largest absolute Gasteiger partial charge is 0.493 e. The van der Waals surface area contributed by atoms with Crippen molar-refractivity contribution in [1.82, 2.24) is 0 Å². The van der Waals surface area contributed by atoms with E-state index >= 15 is 0 Å². The normalized spacial score (nSPS) is 22.6. The standard InChI is InChI=1S/C24H24F4O3/c1-13(23(29)30)22(14-5-6-14)16-3-2-4-18(9-16)31-12-17-10-19(17)15-7-8-21(25)20(11-15)24(26,27)28/h2-4,7-9,11,13-14,17,19,22H,5-6,10,12H2,1H3,(H,29,30)/t13-,17+,19+,22-/m0/s1. The van der Waals surface area contributed by atoms with Gasteiger partial charge < -0.3 is 9.84 Å². The number of alkyl halides is 3. The first-order valence-electron chi connectivity index (χ1n) is 10.5. The summed E-state index contributed by atoms with van der Waals surface area (Å²) in [4.78, 5) is 11.5. The molecule has 2 fully saturated rings. The molecular formula is C24H24F4O3. The minimum Gasteiger partial charge on any atom is -0.493 e. The summed E-state index contributed by atoms with van der Waals surface area (Å²) in [7, 11) is 0. The second-order valence-corrected chi connectivity index (χ2v) is 8.71. The van der Waals surface area contributed by atoms with Gasteiger partial charge in [-0.15, -0.1) is 0 Å². The molecule has 0 aromatic heterocycles. The predicted octanol–water partition coefficient (Wildman–Crippen LogP) is 6.24. The molecule has 0 unspecified atom stereocenters. The van der Waals surface area contributed by atoms with E-state index in [1.807, 2.05) is 18.2 Å². The Morgan fingerprint density at radius 1 is 1.19 bits per heavy atom. The van der Waals surface area contributed by atoms with Crippen LogP contribution in [0.1, 0.15) is 54.7 Å². The van der Waals surface area contributed by atoms with E-state index in [4.69, 9.17) is 4.74 Å². The van der Waals surface area contributed by atoms with Crippen molar-refractivity contribution in [3.8, 4) is 5.75 Å². The van der Waals surface area contributed by atoms with Crippen LogP contribution >= 0.6 is 0 Å². The van der Waals surface area contributed by atoms with Gasteiger partial charge >= 0.3 is 12.1 Å². The van der Waals surface area contributed by atoms with E-state index in [-0.39, 0.29) is 17.8 Å². The van der Waals surface area contributed by atoms with Crippen molar-refractivity contribution in [2.24, 2.45) is 17.8 Å². The fraction of sp³-hybridized carbons (Fsp3) is 0.458. The molecule has 0 amide bonds. The molecule has 3 nitrogen and oxygen atoms in total. The zero-order chi connectivity index (χ0) is 22.3. The lowest BCUT2D eigenvalue weighted by Crippen LogP contribution is -2.20. The quantitative estimate of drug-likeness (QED) is 0.498. The summed E-state index contributed by atoms with van der Waals surface area (Å²) < 4.78 is 58.2. The van der Waals surface area contributed by atoms with Crippen LogP contribution in [0.4, 0.5) is 17.6 Å². The van der Waals surface area contributed by atoms with E-state index in [1.54, 1.807) is 13.0 Å². The molecule has 0 spiro atoms. The maximum Gasteiger partial charge on any atom is 0.419 e. The minimum atomic E-state index is -4.72. The van der Waals surface area contributed by atoms with Crippen molar-refractivity contribution < 1.29 is 32.2 Å². The molecule has 4 rings (SSSR count). The number of carboxylic acid groups (broad SMARTS) is 1. The molecule has 7 heteroatoms. The molecule has 4 atom stereocenters. The van der Waals surface area contributed by atoms with Crippen molar-refractivity contribution in [1.29, 1.82) is 0 Å². The second kappa shape index (κ2) is 8.17. The average Bonchev–Trinajstić information content (AvgIpc) is 3.62. The fourth-order valence-electron chi connectivity index (χ4n) is 4.42. The topological polar surface area (TPSA) is 46.5 Å². The maximum atomic E-state index is 13.5. The van der Waals surface area contributed by atoms with E-state index in [0.29, 0.717) is 30.3 Å². The number of ether oxygens (including phenoxy) is 1. The lowest BCUT2D eigenvalue weighted by atomic mass is 9.83. The summed E-state index contributed by atoms with van der Waals surface area (Å²) in [5, 5.41) is 9.44. The first-order valence-corrected chi connectivity index (χ1v) is 10.5. The molecule has 0 aliphatic heterocycles. The predicted molar refractivity (Wildman–Crippen MR) is 106 cm³/mol. The van der Waals surface area contributed by atoms with E-state index in [2.05, 4.69) is 0 Å². The van der Waals surface area contributed by atoms with Crippen molar-refractivity contribution >= 4 is 5.97 Å². The summed E-state index contributed by atoms with van der Waals surface area (Å²) in [6, 6.07) is 10.6. The Morgan fingerprint density at radius 2 is 1.94 bits per heavy atom. The monoisotopic (exact) mass is 436 g/mol. The van der Waals surface area contributed by atoms with Gasteiger partial charge in [0.05, 0.1) is 18.1 Å². The molecular weight excluding hydrogens is 412 g/mol. The van der Waals surface area contributed by atoms with Crippen LogP contribution < -0.4 is 4.74 Å². The number of aliphatic carboxylic acids is 1. The zero-order valence-electron chi connectivity index (χ0n) is 17.0. The molecule has 2 saturated carbocycles. The molecule has 0 radical (unpaired) electrons. The van der Waals surface area contributed by atoms with E-state index < -0.39 is 29.4 Å². The molecule has 166 valence electrons. The van der Waals surface area contributed by atoms with Gasteiger partial charge in [0.1, 0.15) is 11.6 Å². The molecule has 2 aliphatic rings. The Kier molecular flexibility index (Phi) is 5.71. The Hall–Kier alpha value is -2.57. The SMILES string of the molecule is C[C@H](C(=O)O)[C@H](c1cccc(OC[C@H]2C[C@@H]2c2ccc(F)c(C(F)(F)F)c2)c1)C1CC1. The number of hydrogen-bond donors (Lipinski definition) is 1. The molecule has 0 bridgehead atoms. The van der Waals surface area contributed by atoms with Crippen LogP contribution in [0.3, 0.4) is 0 Å². The van der Waals surface area contributed by atoms with Gasteiger partial charge in [0, 0.05) is 5.92 Å². The molecule has 0 heterocycles. The summed E-state index contributed by atoms with van der Waals surface area (Å²) in [6.07, 6.45) is -1.99. The van der Waals surface area contributed by atoms with E-state index in [0.717, 1.165) is 30.5 Å². The van der Waals surface area contributed by atoms with Crippen molar-refractivity contribution in [3.05, 3.63) is 65.0 Å². The summed E-state index contributed by atoms with van der Waals surface area (Å²) in [5.41, 5.74) is 0.179. The van der Waals surface area contributed by atoms with Crippen LogP contribution in [0, 0.1) is 23.6 Å². The molecule has 2 aromatic rings. The third-order valence-corrected chi connectivity index (χ3v) is 6.41. The third kappa shape index (κ3) is 4.86. The minimum absolute atomic E-state index is 0.0604. The van der Waals surface area contributed by atoms with Crippen molar-refractivity contribution in [2.45, 2.75) is 44.2 Å². The molecule has 1 N–H and O–H groups in total. The van der Waals surface area contributed by atoms with Crippen LogP contribution in [0.25, 0.3) is 0 Å². The molecule has 0 saturated heterocycles. The molecule has 2 aliphatic carbocycles. The Bertz CT molecular complexity index is 968. The average molecular weight is 436 g/mol. The second-order valence-electron chi connectivity index (χ2n) is 8.71. The van der Waals surface area contributed by atoms with Crippen LogP contribution in [-0.2, 0) is 11.0 Å². The maximum absolute atomic E-state index is 13.5. The molecule has 31 heavy (non-hydrogen) atoms. The Morgan fingerprint density at radius 3 is 2.58 bits per heavy atom. The number of benzene rings is 2. The van der Waals surface area contributed by atoms with Gasteiger partial charge in [0.2, 0.25) is 0 Å². The molecule has 2 aromatic carbocycles. The lowest BCUT2D eigenvalue weighted by Gasteiger charge is -2.21. The number of hydrogen-bond acceptors (Lipinski definition) is 2.